The van der Waals surface area contributed by atoms with Gasteiger partial charge in [-0.2, -0.15) is 0 Å². The van der Waals surface area contributed by atoms with Crippen molar-refractivity contribution in [3.8, 4) is 11.5 Å². The molecule has 1 aliphatic heterocycles. The van der Waals surface area contributed by atoms with E-state index >= 15 is 0 Å². The fourth-order valence-electron chi connectivity index (χ4n) is 2.62. The molecule has 0 atom stereocenters. The highest BCUT2D eigenvalue weighted by Gasteiger charge is 2.27. The number of fused-ring (bicyclic) bond motifs is 1. The minimum absolute atomic E-state index is 0.136. The maximum Gasteiger partial charge on any atom is 0.231 e. The van der Waals surface area contributed by atoms with Crippen LogP contribution in [0.3, 0.4) is 0 Å². The molecular formula is C21H14BrNO3. The van der Waals surface area contributed by atoms with E-state index in [1.807, 2.05) is 36.4 Å². The van der Waals surface area contributed by atoms with Crippen LogP contribution in [0.1, 0.15) is 21.5 Å². The number of allylic oxidation sites excluding steroid dienone is 1. The molecule has 0 spiro atoms. The highest BCUT2D eigenvalue weighted by Crippen LogP contribution is 2.35. The van der Waals surface area contributed by atoms with Crippen LogP contribution in [0, 0.1) is 0 Å². The maximum atomic E-state index is 12.5. The number of aromatic nitrogens is 1. The van der Waals surface area contributed by atoms with Gasteiger partial charge in [-0.3, -0.25) is 9.78 Å². The SMILES string of the molecule is O=C1C(=Cc2cccnc2)Oc2cc(OCc3ccc(Br)cc3)ccc21. The summed E-state index contributed by atoms with van der Waals surface area (Å²) in [4.78, 5) is 16.5. The molecule has 0 radical (unpaired) electrons. The Kier molecular flexibility index (Phi) is 4.54. The lowest BCUT2D eigenvalue weighted by molar-refractivity contribution is 0.101. The minimum atomic E-state index is -0.136. The van der Waals surface area contributed by atoms with E-state index in [9.17, 15) is 4.79 Å². The molecule has 2 aromatic carbocycles. The van der Waals surface area contributed by atoms with Gasteiger partial charge >= 0.3 is 0 Å². The average molecular weight is 408 g/mol. The molecule has 128 valence electrons. The number of halogens is 1. The van der Waals surface area contributed by atoms with Gasteiger partial charge in [-0.25, -0.2) is 0 Å². The van der Waals surface area contributed by atoms with Gasteiger partial charge in [0.2, 0.25) is 5.78 Å². The quantitative estimate of drug-likeness (QED) is 0.568. The number of Topliss-reactive ketones (excluding diaryl/α,β-unsaturated/α-hetero) is 1. The first-order valence-electron chi connectivity index (χ1n) is 8.04. The number of pyridine rings is 1. The predicted molar refractivity (Wildman–Crippen MR) is 102 cm³/mol. The molecule has 0 amide bonds. The van der Waals surface area contributed by atoms with Crippen LogP contribution in [-0.2, 0) is 6.61 Å². The number of carbonyl (C=O) groups is 1. The van der Waals surface area contributed by atoms with Crippen LogP contribution in [-0.4, -0.2) is 10.8 Å². The maximum absolute atomic E-state index is 12.5. The number of carbonyl (C=O) groups excluding carboxylic acids is 1. The molecule has 26 heavy (non-hydrogen) atoms. The molecule has 0 saturated carbocycles. The summed E-state index contributed by atoms with van der Waals surface area (Å²) in [6.07, 6.45) is 5.06. The summed E-state index contributed by atoms with van der Waals surface area (Å²) in [6.45, 7) is 0.443. The van der Waals surface area contributed by atoms with E-state index in [0.717, 1.165) is 15.6 Å². The molecule has 3 aromatic rings. The minimum Gasteiger partial charge on any atom is -0.489 e. The van der Waals surface area contributed by atoms with Gasteiger partial charge in [-0.05, 0) is 47.5 Å². The highest BCUT2D eigenvalue weighted by molar-refractivity contribution is 9.10. The molecule has 0 N–H and O–H groups in total. The number of hydrogen-bond donors (Lipinski definition) is 0. The Morgan fingerprint density at radius 2 is 1.96 bits per heavy atom. The Balaban J connectivity index is 1.50. The lowest BCUT2D eigenvalue weighted by Crippen LogP contribution is -1.98. The van der Waals surface area contributed by atoms with Crippen molar-refractivity contribution >= 4 is 27.8 Å². The number of hydrogen-bond acceptors (Lipinski definition) is 4. The van der Waals surface area contributed by atoms with Crippen molar-refractivity contribution < 1.29 is 14.3 Å². The summed E-state index contributed by atoms with van der Waals surface area (Å²) in [7, 11) is 0. The summed E-state index contributed by atoms with van der Waals surface area (Å²) >= 11 is 3.41. The second-order valence-electron chi connectivity index (χ2n) is 5.80. The van der Waals surface area contributed by atoms with Gasteiger partial charge in [0.15, 0.2) is 5.76 Å². The molecule has 0 saturated heterocycles. The third-order valence-corrected chi connectivity index (χ3v) is 4.47. The van der Waals surface area contributed by atoms with E-state index in [-0.39, 0.29) is 11.5 Å². The molecule has 0 bridgehead atoms. The van der Waals surface area contributed by atoms with Gasteiger partial charge in [0.25, 0.3) is 0 Å². The molecule has 1 aliphatic rings. The summed E-state index contributed by atoms with van der Waals surface area (Å²) in [6, 6.07) is 16.9. The van der Waals surface area contributed by atoms with E-state index < -0.39 is 0 Å². The van der Waals surface area contributed by atoms with Gasteiger partial charge in [0, 0.05) is 22.9 Å². The zero-order chi connectivity index (χ0) is 17.9. The van der Waals surface area contributed by atoms with Crippen molar-refractivity contribution in [2.75, 3.05) is 0 Å². The topological polar surface area (TPSA) is 48.4 Å². The molecule has 1 aromatic heterocycles. The first kappa shape index (κ1) is 16.5. The molecule has 4 rings (SSSR count). The van der Waals surface area contributed by atoms with E-state index in [1.165, 1.54) is 0 Å². The molecule has 0 aliphatic carbocycles. The van der Waals surface area contributed by atoms with Crippen LogP contribution in [0.25, 0.3) is 6.08 Å². The lowest BCUT2D eigenvalue weighted by Gasteiger charge is -2.07. The van der Waals surface area contributed by atoms with Crippen molar-refractivity contribution in [3.63, 3.8) is 0 Å². The highest BCUT2D eigenvalue weighted by atomic mass is 79.9. The Morgan fingerprint density at radius 1 is 1.12 bits per heavy atom. The number of rotatable bonds is 4. The van der Waals surface area contributed by atoms with Gasteiger partial charge in [-0.1, -0.05) is 34.1 Å². The molecule has 2 heterocycles. The van der Waals surface area contributed by atoms with E-state index in [4.69, 9.17) is 9.47 Å². The molecular weight excluding hydrogens is 394 g/mol. The molecule has 0 fully saturated rings. The van der Waals surface area contributed by atoms with Gasteiger partial charge in [-0.15, -0.1) is 0 Å². The standard InChI is InChI=1S/C21H14BrNO3/c22-16-5-3-14(4-6-16)13-25-17-7-8-18-19(11-17)26-20(21(18)24)10-15-2-1-9-23-12-15/h1-12H,13H2. The van der Waals surface area contributed by atoms with Crippen LogP contribution in [0.5, 0.6) is 11.5 Å². The number of benzene rings is 2. The number of ketones is 1. The van der Waals surface area contributed by atoms with Crippen LogP contribution in [0.15, 0.2) is 77.2 Å². The third-order valence-electron chi connectivity index (χ3n) is 3.94. The summed E-state index contributed by atoms with van der Waals surface area (Å²) in [5, 5.41) is 0. The van der Waals surface area contributed by atoms with Crippen molar-refractivity contribution in [2.45, 2.75) is 6.61 Å². The second-order valence-corrected chi connectivity index (χ2v) is 6.71. The normalized spacial score (nSPS) is 14.2. The van der Waals surface area contributed by atoms with Gasteiger partial charge < -0.3 is 9.47 Å². The fourth-order valence-corrected chi connectivity index (χ4v) is 2.88. The Bertz CT molecular complexity index is 982. The fraction of sp³-hybridized carbons (Fsp3) is 0.0476. The molecule has 0 unspecified atom stereocenters. The van der Waals surface area contributed by atoms with Crippen LogP contribution in [0.4, 0.5) is 0 Å². The van der Waals surface area contributed by atoms with Crippen LogP contribution >= 0.6 is 15.9 Å². The smallest absolute Gasteiger partial charge is 0.231 e. The van der Waals surface area contributed by atoms with Crippen molar-refractivity contribution in [1.29, 1.82) is 0 Å². The number of ether oxygens (including phenoxy) is 2. The predicted octanol–water partition coefficient (Wildman–Crippen LogP) is 5.04. The first-order chi connectivity index (χ1) is 12.7. The summed E-state index contributed by atoms with van der Waals surface area (Å²) in [5.74, 6) is 1.32. The Labute approximate surface area is 159 Å². The largest absolute Gasteiger partial charge is 0.489 e. The molecule has 4 nitrogen and oxygen atoms in total. The van der Waals surface area contributed by atoms with E-state index in [1.54, 1.807) is 36.7 Å². The zero-order valence-electron chi connectivity index (χ0n) is 13.7. The van der Waals surface area contributed by atoms with Crippen molar-refractivity contribution in [1.82, 2.24) is 4.98 Å². The van der Waals surface area contributed by atoms with Crippen LogP contribution < -0.4 is 9.47 Å². The molecule has 5 heteroatoms. The van der Waals surface area contributed by atoms with Crippen molar-refractivity contribution in [3.05, 3.63) is 93.9 Å². The second kappa shape index (κ2) is 7.14. The third kappa shape index (κ3) is 3.53. The summed E-state index contributed by atoms with van der Waals surface area (Å²) in [5.41, 5.74) is 2.41. The lowest BCUT2D eigenvalue weighted by atomic mass is 10.1. The average Bonchev–Trinajstić information content (AvgIpc) is 2.97. The first-order valence-corrected chi connectivity index (χ1v) is 8.84. The monoisotopic (exact) mass is 407 g/mol. The zero-order valence-corrected chi connectivity index (χ0v) is 15.3. The van der Waals surface area contributed by atoms with Gasteiger partial charge in [0.05, 0.1) is 5.56 Å². The van der Waals surface area contributed by atoms with E-state index in [2.05, 4.69) is 20.9 Å². The van der Waals surface area contributed by atoms with Crippen LogP contribution in [0.2, 0.25) is 0 Å². The van der Waals surface area contributed by atoms with E-state index in [0.29, 0.717) is 23.7 Å². The Morgan fingerprint density at radius 3 is 2.73 bits per heavy atom. The number of nitrogens with zero attached hydrogens (tertiary/aromatic N) is 1. The van der Waals surface area contributed by atoms with Gasteiger partial charge in [0.1, 0.15) is 18.1 Å². The van der Waals surface area contributed by atoms with Crippen molar-refractivity contribution in [2.24, 2.45) is 0 Å². The Hall–Kier alpha value is -2.92. The summed E-state index contributed by atoms with van der Waals surface area (Å²) < 4.78 is 12.6.